The summed E-state index contributed by atoms with van der Waals surface area (Å²) < 4.78 is 0. The van der Waals surface area contributed by atoms with Crippen LogP contribution in [-0.4, -0.2) is 5.58 Å². The van der Waals surface area contributed by atoms with Gasteiger partial charge >= 0.3 is 25.8 Å². The molecule has 0 bridgehead atoms. The molecule has 0 heterocycles. The smallest absolute Gasteiger partial charge is 0.460 e. The van der Waals surface area contributed by atoms with Crippen LogP contribution < -0.4 is 10.6 Å². The fourth-order valence-electron chi connectivity index (χ4n) is 4.95. The standard InChI is InChI=1S/C28H26N2P.3C7H7.Hf/c1-22-13-12-14-23(2)27(22)30-28(29-21-24-15-6-3-7-16-24)31(25-17-8-4-9-18-25)26-19-10-5-11-20-26;3*1-7-5-3-2-4-6-7;/h3-20H,21H2,1-2H3;3*2-6H,1H2;/q4*-1;+4. The molecule has 2 nitrogen and oxygen atoms in total. The van der Waals surface area contributed by atoms with Crippen LogP contribution in [0.4, 0.5) is 5.69 Å². The Morgan fingerprint density at radius 2 is 0.774 bits per heavy atom. The van der Waals surface area contributed by atoms with Gasteiger partial charge in [0.05, 0.1) is 0 Å². The van der Waals surface area contributed by atoms with Crippen LogP contribution in [0.5, 0.6) is 0 Å². The number of nitrogens with zero attached hydrogens (tertiary/aromatic N) is 2. The van der Waals surface area contributed by atoms with Gasteiger partial charge in [-0.3, -0.25) is 0 Å². The van der Waals surface area contributed by atoms with Crippen molar-refractivity contribution in [3.05, 3.63) is 260 Å². The number of rotatable bonds is 6. The molecule has 53 heavy (non-hydrogen) atoms. The number of para-hydroxylation sites is 1. The maximum atomic E-state index is 5.20. The maximum Gasteiger partial charge on any atom is 4.00 e. The molecule has 0 saturated heterocycles. The molecule has 0 amide bonds. The molecule has 0 spiro atoms. The van der Waals surface area contributed by atoms with Gasteiger partial charge in [-0.25, -0.2) is 0 Å². The predicted octanol–water partition coefficient (Wildman–Crippen LogP) is 12.6. The van der Waals surface area contributed by atoms with Crippen LogP contribution in [0.1, 0.15) is 33.4 Å². The van der Waals surface area contributed by atoms with Crippen LogP contribution in [0.2, 0.25) is 0 Å². The van der Waals surface area contributed by atoms with Crippen LogP contribution in [0, 0.1) is 34.6 Å². The average Bonchev–Trinajstić information content (AvgIpc) is 3.18. The van der Waals surface area contributed by atoms with Crippen molar-refractivity contribution in [2.24, 2.45) is 4.99 Å². The van der Waals surface area contributed by atoms with E-state index in [2.05, 4.69) is 138 Å². The minimum absolute atomic E-state index is 0. The molecule has 0 atom stereocenters. The van der Waals surface area contributed by atoms with Crippen molar-refractivity contribution in [2.75, 3.05) is 0 Å². The molecule has 7 aromatic rings. The van der Waals surface area contributed by atoms with Crippen LogP contribution in [0.15, 0.2) is 205 Å². The van der Waals surface area contributed by atoms with E-state index in [0.29, 0.717) is 6.54 Å². The van der Waals surface area contributed by atoms with E-state index < -0.39 is 7.92 Å². The SMILES string of the molecule is Cc1cccc(C)c1N=C([N-]Cc1ccccc1)P(c1ccccc1)c1ccccc1.[CH2-]c1ccccc1.[CH2-]c1ccccc1.[CH2-]c1ccccc1.[Hf+4]. The Kier molecular flexibility index (Phi) is 19.3. The number of aliphatic imine (C=N–C) groups is 1. The molecule has 262 valence electrons. The minimum Gasteiger partial charge on any atom is -0.460 e. The zero-order valence-electron chi connectivity index (χ0n) is 30.7. The van der Waals surface area contributed by atoms with Crippen molar-refractivity contribution in [3.63, 3.8) is 0 Å². The fraction of sp³-hybridized carbons (Fsp3) is 0.0612. The summed E-state index contributed by atoms with van der Waals surface area (Å²) in [7, 11) is -0.876. The van der Waals surface area contributed by atoms with Gasteiger partial charge in [-0.1, -0.05) is 133 Å². The van der Waals surface area contributed by atoms with Gasteiger partial charge in [0.25, 0.3) is 0 Å². The first-order valence-corrected chi connectivity index (χ1v) is 18.6. The zero-order valence-corrected chi connectivity index (χ0v) is 35.2. The summed E-state index contributed by atoms with van der Waals surface area (Å²) in [4.78, 5) is 5.20. The predicted molar refractivity (Wildman–Crippen MR) is 228 cm³/mol. The zero-order chi connectivity index (χ0) is 36.8. The first-order valence-electron chi connectivity index (χ1n) is 17.3. The van der Waals surface area contributed by atoms with Gasteiger partial charge in [-0.15, -0.1) is 36.4 Å². The Balaban J connectivity index is 0.000000275. The van der Waals surface area contributed by atoms with Crippen molar-refractivity contribution in [1.29, 1.82) is 0 Å². The third kappa shape index (κ3) is 15.6. The second-order valence-corrected chi connectivity index (χ2v) is 14.0. The van der Waals surface area contributed by atoms with E-state index in [9.17, 15) is 0 Å². The molecule has 0 unspecified atom stereocenters. The Hall–Kier alpha value is -5.08. The quantitative estimate of drug-likeness (QED) is 0.0523. The molecule has 7 aromatic carbocycles. The molecular formula is C49H47HfN2P. The Morgan fingerprint density at radius 1 is 0.453 bits per heavy atom. The molecule has 0 fully saturated rings. The number of benzene rings is 7. The number of aryl methyl sites for hydroxylation is 2. The van der Waals surface area contributed by atoms with Gasteiger partial charge < -0.3 is 10.3 Å². The summed E-state index contributed by atoms with van der Waals surface area (Å²) in [6, 6.07) is 67.6. The molecule has 7 rings (SSSR count). The van der Waals surface area contributed by atoms with E-state index in [4.69, 9.17) is 10.3 Å². The summed E-state index contributed by atoms with van der Waals surface area (Å²) in [5.74, 6) is 0. The van der Waals surface area contributed by atoms with E-state index in [1.54, 1.807) is 0 Å². The molecule has 0 aliphatic heterocycles. The normalized spacial score (nSPS) is 10.1. The van der Waals surface area contributed by atoms with Gasteiger partial charge in [0, 0.05) is 0 Å². The fourth-order valence-corrected chi connectivity index (χ4v) is 7.06. The van der Waals surface area contributed by atoms with E-state index in [0.717, 1.165) is 28.0 Å². The van der Waals surface area contributed by atoms with Crippen molar-refractivity contribution >= 4 is 29.8 Å². The monoisotopic (exact) mass is 874 g/mol. The van der Waals surface area contributed by atoms with Crippen molar-refractivity contribution in [1.82, 2.24) is 0 Å². The minimum atomic E-state index is -0.876. The van der Waals surface area contributed by atoms with Gasteiger partial charge in [-0.2, -0.15) is 73.9 Å². The second-order valence-electron chi connectivity index (χ2n) is 11.9. The molecule has 4 heteroatoms. The Morgan fingerprint density at radius 3 is 1.09 bits per heavy atom. The molecule has 0 radical (unpaired) electrons. The second kappa shape index (κ2) is 24.2. The van der Waals surface area contributed by atoms with Crippen molar-refractivity contribution < 1.29 is 25.8 Å². The summed E-state index contributed by atoms with van der Waals surface area (Å²) >= 11 is 0. The molecule has 0 aliphatic carbocycles. The number of hydrogen-bond donors (Lipinski definition) is 0. The Labute approximate surface area is 338 Å². The first-order chi connectivity index (χ1) is 25.4. The summed E-state index contributed by atoms with van der Waals surface area (Å²) in [5, 5.41) is 7.61. The number of amidine groups is 1. The van der Waals surface area contributed by atoms with Crippen molar-refractivity contribution in [3.8, 4) is 0 Å². The third-order valence-electron chi connectivity index (χ3n) is 7.65. The van der Waals surface area contributed by atoms with Gasteiger partial charge in [-0.05, 0) is 61.3 Å². The van der Waals surface area contributed by atoms with E-state index >= 15 is 0 Å². The molecule has 0 saturated carbocycles. The molecule has 0 N–H and O–H groups in total. The van der Waals surface area contributed by atoms with Crippen LogP contribution >= 0.6 is 7.92 Å². The molecular weight excluding hydrogens is 826 g/mol. The number of hydrogen-bond acceptors (Lipinski definition) is 1. The topological polar surface area (TPSA) is 26.5 Å². The van der Waals surface area contributed by atoms with Gasteiger partial charge in [0.2, 0.25) is 0 Å². The van der Waals surface area contributed by atoms with Crippen LogP contribution in [-0.2, 0) is 32.4 Å². The van der Waals surface area contributed by atoms with E-state index in [1.807, 2.05) is 97.1 Å². The Bertz CT molecular complexity index is 1850. The third-order valence-corrected chi connectivity index (χ3v) is 9.92. The van der Waals surface area contributed by atoms with Crippen molar-refractivity contribution in [2.45, 2.75) is 20.4 Å². The summed E-state index contributed by atoms with van der Waals surface area (Å²) in [5.41, 5.74) is 8.66. The van der Waals surface area contributed by atoms with Crippen LogP contribution in [0.3, 0.4) is 0 Å². The average molecular weight is 873 g/mol. The van der Waals surface area contributed by atoms with E-state index in [1.165, 1.54) is 27.3 Å². The summed E-state index contributed by atoms with van der Waals surface area (Å²) in [6.45, 7) is 16.0. The van der Waals surface area contributed by atoms with E-state index in [-0.39, 0.29) is 25.8 Å². The maximum absolute atomic E-state index is 5.20. The van der Waals surface area contributed by atoms with Gasteiger partial charge in [0.1, 0.15) is 0 Å². The first kappa shape index (κ1) is 42.3. The largest absolute Gasteiger partial charge is 4.00 e. The molecule has 0 aromatic heterocycles. The summed E-state index contributed by atoms with van der Waals surface area (Å²) in [6.07, 6.45) is 0. The molecule has 0 aliphatic rings. The van der Waals surface area contributed by atoms with Gasteiger partial charge in [0.15, 0.2) is 0 Å². The van der Waals surface area contributed by atoms with Crippen LogP contribution in [0.25, 0.3) is 5.32 Å².